The first kappa shape index (κ1) is 26.8. The van der Waals surface area contributed by atoms with Crippen molar-refractivity contribution in [3.8, 4) is 11.5 Å². The third kappa shape index (κ3) is 5.65. The van der Waals surface area contributed by atoms with Crippen molar-refractivity contribution in [2.75, 3.05) is 26.0 Å². The average Bonchev–Trinajstić information content (AvgIpc) is 3.26. The normalized spacial score (nSPS) is 17.2. The molecule has 1 N–H and O–H groups in total. The van der Waals surface area contributed by atoms with Crippen molar-refractivity contribution in [1.82, 2.24) is 24.8 Å². The molecule has 0 fully saturated rings. The van der Waals surface area contributed by atoms with E-state index < -0.39 is 0 Å². The number of fused-ring (bicyclic) bond motifs is 3. The summed E-state index contributed by atoms with van der Waals surface area (Å²) in [5.41, 5.74) is 4.09. The van der Waals surface area contributed by atoms with Gasteiger partial charge in [-0.15, -0.1) is 11.3 Å². The lowest BCUT2D eigenvalue weighted by atomic mass is 9.94. The van der Waals surface area contributed by atoms with E-state index >= 15 is 0 Å². The quantitative estimate of drug-likeness (QED) is 0.279. The number of aryl methyl sites for hydroxylation is 2. The summed E-state index contributed by atoms with van der Waals surface area (Å²) in [7, 11) is 3.98. The van der Waals surface area contributed by atoms with E-state index in [0.717, 1.165) is 51.7 Å². The predicted octanol–water partition coefficient (Wildman–Crippen LogP) is 6.19. The van der Waals surface area contributed by atoms with Crippen molar-refractivity contribution >= 4 is 39.0 Å². The number of hydrogen-bond donors (Lipinski definition) is 1. The Labute approximate surface area is 233 Å². The average molecular weight is 543 g/mol. The molecule has 202 valence electrons. The number of nitrogens with zero attached hydrogens (tertiary/aromatic N) is 5. The van der Waals surface area contributed by atoms with Gasteiger partial charge in [-0.2, -0.15) is 0 Å². The zero-order chi connectivity index (χ0) is 27.7. The highest BCUT2D eigenvalue weighted by atomic mass is 32.1. The number of amides is 1. The fourth-order valence-corrected chi connectivity index (χ4v) is 6.25. The summed E-state index contributed by atoms with van der Waals surface area (Å²) < 4.78 is 6.04. The number of aromatic nitrogens is 3. The van der Waals surface area contributed by atoms with Crippen LogP contribution in [0.3, 0.4) is 0 Å². The molecule has 4 aromatic rings. The molecule has 1 aliphatic rings. The minimum absolute atomic E-state index is 0.0396. The molecule has 0 spiro atoms. The lowest BCUT2D eigenvalue weighted by molar-refractivity contribution is -0.130. The predicted molar refractivity (Wildman–Crippen MR) is 157 cm³/mol. The number of thiophene rings is 1. The summed E-state index contributed by atoms with van der Waals surface area (Å²) in [6.07, 6.45) is 7.71. The molecule has 2 atom stereocenters. The Kier molecular flexibility index (Phi) is 7.63. The number of ether oxygens (including phenoxy) is 1. The summed E-state index contributed by atoms with van der Waals surface area (Å²) in [4.78, 5) is 32.7. The van der Waals surface area contributed by atoms with Crippen LogP contribution in [0.5, 0.6) is 11.5 Å². The number of carbonyl (C=O) groups is 1. The van der Waals surface area contributed by atoms with Gasteiger partial charge in [-0.1, -0.05) is 6.08 Å². The van der Waals surface area contributed by atoms with Crippen molar-refractivity contribution in [3.63, 3.8) is 0 Å². The number of nitrogens with one attached hydrogen (secondary N) is 1. The molecular weight excluding hydrogens is 508 g/mol. The van der Waals surface area contributed by atoms with Crippen LogP contribution in [-0.4, -0.2) is 57.3 Å². The lowest BCUT2D eigenvalue weighted by Gasteiger charge is -2.38. The number of hydrogen-bond acceptors (Lipinski definition) is 8. The Hall–Kier alpha value is -3.82. The largest absolute Gasteiger partial charge is 0.455 e. The number of pyridine rings is 1. The van der Waals surface area contributed by atoms with E-state index in [1.54, 1.807) is 29.9 Å². The highest BCUT2D eigenvalue weighted by Gasteiger charge is 2.35. The Bertz CT molecular complexity index is 1530. The number of likely N-dealkylation sites (N-methyl/N-ethyl adjacent to an activating group) is 1. The lowest BCUT2D eigenvalue weighted by Crippen LogP contribution is -2.43. The van der Waals surface area contributed by atoms with Gasteiger partial charge in [0.15, 0.2) is 0 Å². The van der Waals surface area contributed by atoms with Crippen LogP contribution < -0.4 is 10.1 Å². The molecule has 0 saturated heterocycles. The molecule has 3 aromatic heterocycles. The van der Waals surface area contributed by atoms with Gasteiger partial charge in [0.25, 0.3) is 0 Å². The highest BCUT2D eigenvalue weighted by molar-refractivity contribution is 7.19. The van der Waals surface area contributed by atoms with Crippen LogP contribution >= 0.6 is 11.3 Å². The maximum absolute atomic E-state index is 13.1. The molecular formula is C30H34N6O2S. The third-order valence-corrected chi connectivity index (χ3v) is 8.23. The van der Waals surface area contributed by atoms with E-state index in [0.29, 0.717) is 5.75 Å². The molecule has 0 saturated carbocycles. The minimum Gasteiger partial charge on any atom is -0.455 e. The van der Waals surface area contributed by atoms with Gasteiger partial charge in [0.05, 0.1) is 17.6 Å². The van der Waals surface area contributed by atoms with Crippen LogP contribution in [0.2, 0.25) is 0 Å². The van der Waals surface area contributed by atoms with Gasteiger partial charge in [0.1, 0.15) is 28.5 Å². The molecule has 8 nitrogen and oxygen atoms in total. The number of rotatable bonds is 7. The van der Waals surface area contributed by atoms with Gasteiger partial charge in [0.2, 0.25) is 5.91 Å². The molecule has 4 heterocycles. The van der Waals surface area contributed by atoms with Crippen molar-refractivity contribution in [2.24, 2.45) is 0 Å². The first-order valence-corrected chi connectivity index (χ1v) is 13.9. The second-order valence-electron chi connectivity index (χ2n) is 10.3. The van der Waals surface area contributed by atoms with E-state index in [9.17, 15) is 4.79 Å². The van der Waals surface area contributed by atoms with Gasteiger partial charge in [-0.25, -0.2) is 9.97 Å². The maximum Gasteiger partial charge on any atom is 0.247 e. The second-order valence-corrected chi connectivity index (χ2v) is 11.4. The molecule has 39 heavy (non-hydrogen) atoms. The summed E-state index contributed by atoms with van der Waals surface area (Å²) in [5.74, 6) is 2.30. The molecule has 1 aliphatic heterocycles. The van der Waals surface area contributed by atoms with Gasteiger partial charge < -0.3 is 19.9 Å². The molecule has 0 radical (unpaired) electrons. The molecule has 0 unspecified atom stereocenters. The van der Waals surface area contributed by atoms with Gasteiger partial charge >= 0.3 is 0 Å². The van der Waals surface area contributed by atoms with Crippen molar-refractivity contribution in [1.29, 1.82) is 0 Å². The van der Waals surface area contributed by atoms with Crippen LogP contribution in [0.1, 0.15) is 41.6 Å². The molecule has 1 amide bonds. The summed E-state index contributed by atoms with van der Waals surface area (Å²) >= 11 is 1.65. The Morgan fingerprint density at radius 2 is 2.00 bits per heavy atom. The zero-order valence-corrected chi connectivity index (χ0v) is 24.0. The monoisotopic (exact) mass is 542 g/mol. The van der Waals surface area contributed by atoms with E-state index in [2.05, 4.69) is 40.2 Å². The Morgan fingerprint density at radius 1 is 1.18 bits per heavy atom. The SMILES string of the molecule is Cc1ccc(Oc2ccc(Nc3ncnc4sc5c(c34)C[C@H](C)N(C(=O)/C=C/CN(C)C)[C@@H]5C)cc2C)cn1. The second kappa shape index (κ2) is 11.1. The van der Waals surface area contributed by atoms with E-state index in [4.69, 9.17) is 4.74 Å². The maximum atomic E-state index is 13.1. The standard InChI is InChI=1S/C30H34N6O2S/c1-18-14-22(10-12-25(18)38-23-11-9-19(2)31-16-23)34-29-27-24-15-20(3)36(26(37)8-7-13-35(5)6)21(4)28(24)39-30(27)33-17-32-29/h7-12,14,16-17,20-21H,13,15H2,1-6H3,(H,32,33,34)/b8-7+/t20-,21+/m0/s1. The Morgan fingerprint density at radius 3 is 2.72 bits per heavy atom. The molecule has 9 heteroatoms. The smallest absolute Gasteiger partial charge is 0.247 e. The van der Waals surface area contributed by atoms with Crippen molar-refractivity contribution < 1.29 is 9.53 Å². The van der Waals surface area contributed by atoms with E-state index in [-0.39, 0.29) is 18.0 Å². The Balaban J connectivity index is 1.40. The van der Waals surface area contributed by atoms with Crippen LogP contribution in [0, 0.1) is 13.8 Å². The van der Waals surface area contributed by atoms with Crippen LogP contribution in [0.4, 0.5) is 11.5 Å². The summed E-state index contributed by atoms with van der Waals surface area (Å²) in [5, 5.41) is 4.55. The molecule has 5 rings (SSSR count). The van der Waals surface area contributed by atoms with E-state index in [1.165, 1.54) is 10.4 Å². The first-order chi connectivity index (χ1) is 18.7. The zero-order valence-electron chi connectivity index (χ0n) is 23.2. The summed E-state index contributed by atoms with van der Waals surface area (Å²) in [6, 6.07) is 9.87. The summed E-state index contributed by atoms with van der Waals surface area (Å²) in [6.45, 7) is 8.92. The van der Waals surface area contributed by atoms with Gasteiger partial charge in [-0.05, 0) is 89.7 Å². The van der Waals surface area contributed by atoms with Crippen LogP contribution in [-0.2, 0) is 11.2 Å². The fraction of sp³-hybridized carbons (Fsp3) is 0.333. The molecule has 0 aliphatic carbocycles. The van der Waals surface area contributed by atoms with Crippen LogP contribution in [0.15, 0.2) is 55.0 Å². The third-order valence-electron chi connectivity index (χ3n) is 6.92. The van der Waals surface area contributed by atoms with Crippen molar-refractivity contribution in [2.45, 2.75) is 46.2 Å². The van der Waals surface area contributed by atoms with Gasteiger partial charge in [-0.3, -0.25) is 9.78 Å². The van der Waals surface area contributed by atoms with Crippen molar-refractivity contribution in [3.05, 3.63) is 76.7 Å². The highest BCUT2D eigenvalue weighted by Crippen LogP contribution is 2.44. The molecule has 1 aromatic carbocycles. The topological polar surface area (TPSA) is 83.5 Å². The van der Waals surface area contributed by atoms with E-state index in [1.807, 2.05) is 68.1 Å². The fourth-order valence-electron chi connectivity index (χ4n) is 5.02. The molecule has 0 bridgehead atoms. The number of benzene rings is 1. The van der Waals surface area contributed by atoms with Crippen LogP contribution in [0.25, 0.3) is 10.2 Å². The minimum atomic E-state index is -0.0396. The number of carbonyl (C=O) groups excluding carboxylic acids is 1. The number of anilines is 2. The first-order valence-electron chi connectivity index (χ1n) is 13.1. The van der Waals surface area contributed by atoms with Gasteiger partial charge in [0, 0.05) is 34.9 Å².